The molecule has 0 radical (unpaired) electrons. The number of hydrogen-bond donors (Lipinski definition) is 1. The second-order valence-electron chi connectivity index (χ2n) is 12.1. The molecule has 0 saturated heterocycles. The summed E-state index contributed by atoms with van der Waals surface area (Å²) in [7, 11) is 0. The fourth-order valence-electron chi connectivity index (χ4n) is 8.14. The molecule has 0 heterocycles. The Labute approximate surface area is 186 Å². The van der Waals surface area contributed by atoms with Crippen LogP contribution in [-0.2, 0) is 4.79 Å². The van der Waals surface area contributed by atoms with Crippen molar-refractivity contribution < 1.29 is 9.90 Å². The van der Waals surface area contributed by atoms with Crippen LogP contribution >= 0.6 is 0 Å². The first-order valence-electron chi connectivity index (χ1n) is 12.0. The van der Waals surface area contributed by atoms with Gasteiger partial charge in [0.15, 0.2) is 5.76 Å². The zero-order valence-corrected chi connectivity index (χ0v) is 19.6. The first-order valence-corrected chi connectivity index (χ1v) is 12.0. The summed E-state index contributed by atoms with van der Waals surface area (Å²) in [5, 5.41) is 20.1. The summed E-state index contributed by atoms with van der Waals surface area (Å²) in [6, 6.07) is 2.65. The molecule has 6 atom stereocenters. The van der Waals surface area contributed by atoms with Crippen LogP contribution in [0, 0.1) is 44.8 Å². The van der Waals surface area contributed by atoms with E-state index in [4.69, 9.17) is 0 Å². The summed E-state index contributed by atoms with van der Waals surface area (Å²) in [4.78, 5) is 12.5. The van der Waals surface area contributed by atoms with E-state index in [-0.39, 0.29) is 27.8 Å². The average Bonchev–Trinajstić information content (AvgIpc) is 2.73. The molecule has 31 heavy (non-hydrogen) atoms. The number of nitriles is 1. The van der Waals surface area contributed by atoms with Gasteiger partial charge in [0.1, 0.15) is 0 Å². The fraction of sp³-hybridized carbons (Fsp3) is 0.643. The predicted octanol–water partition coefficient (Wildman–Crippen LogP) is 6.75. The molecule has 0 aliphatic heterocycles. The highest BCUT2D eigenvalue weighted by molar-refractivity contribution is 6.06. The molecule has 0 aromatic carbocycles. The minimum Gasteiger partial charge on any atom is -0.504 e. The van der Waals surface area contributed by atoms with E-state index in [1.807, 2.05) is 6.92 Å². The van der Waals surface area contributed by atoms with Gasteiger partial charge in [0.2, 0.25) is 5.78 Å². The topological polar surface area (TPSA) is 61.1 Å². The molecule has 5 aliphatic carbocycles. The van der Waals surface area contributed by atoms with E-state index >= 15 is 0 Å². The zero-order chi connectivity index (χ0) is 22.4. The first kappa shape index (κ1) is 20.8. The molecule has 164 valence electrons. The van der Waals surface area contributed by atoms with Crippen LogP contribution in [0.3, 0.4) is 0 Å². The third-order valence-electron chi connectivity index (χ3n) is 10.3. The van der Waals surface area contributed by atoms with Gasteiger partial charge in [-0.25, -0.2) is 0 Å². The van der Waals surface area contributed by atoms with Crippen molar-refractivity contribution in [2.45, 2.75) is 79.6 Å². The summed E-state index contributed by atoms with van der Waals surface area (Å²) in [6.07, 6.45) is 13.9. The van der Waals surface area contributed by atoms with E-state index < -0.39 is 0 Å². The van der Waals surface area contributed by atoms with Crippen LogP contribution in [0.1, 0.15) is 79.6 Å². The highest BCUT2D eigenvalue weighted by atomic mass is 16.3. The molecule has 5 aliphatic rings. The van der Waals surface area contributed by atoms with Gasteiger partial charge in [-0.05, 0) is 98.7 Å². The van der Waals surface area contributed by atoms with Crippen LogP contribution in [0.4, 0.5) is 0 Å². The number of carbonyl (C=O) groups is 1. The standard InChI is InChI=1S/C28H35NO2/c1-17-18-6-7-23-27(4,20(18)14-22(30)24(17)31)9-8-19-21-15-25(2,16-29)10-11-26(21,3)12-13-28(19,23)5/h6-7,14,19,21,31H,8-13,15H2,1-5H3/t19?,21-,25+,26+,27-,28-/m0/s1. The monoisotopic (exact) mass is 417 g/mol. The van der Waals surface area contributed by atoms with Crippen molar-refractivity contribution in [3.05, 3.63) is 46.3 Å². The number of fused-ring (bicyclic) bond motifs is 7. The van der Waals surface area contributed by atoms with Gasteiger partial charge < -0.3 is 5.11 Å². The summed E-state index contributed by atoms with van der Waals surface area (Å²) in [5.41, 5.74) is 4.38. The molecule has 1 unspecified atom stereocenters. The van der Waals surface area contributed by atoms with E-state index in [1.54, 1.807) is 6.08 Å². The number of ketones is 1. The number of nitrogens with zero attached hydrogens (tertiary/aromatic N) is 1. The number of aliphatic hydroxyl groups is 1. The van der Waals surface area contributed by atoms with Crippen LogP contribution in [0.2, 0.25) is 0 Å². The van der Waals surface area contributed by atoms with Gasteiger partial charge in [-0.3, -0.25) is 4.79 Å². The lowest BCUT2D eigenvalue weighted by Crippen LogP contribution is -2.56. The van der Waals surface area contributed by atoms with Crippen LogP contribution in [0.25, 0.3) is 0 Å². The molecule has 3 fully saturated rings. The molecule has 5 rings (SSSR count). The van der Waals surface area contributed by atoms with Gasteiger partial charge in [0, 0.05) is 11.0 Å². The van der Waals surface area contributed by atoms with E-state index in [1.165, 1.54) is 18.4 Å². The first-order chi connectivity index (χ1) is 14.5. The number of aliphatic hydroxyl groups excluding tert-OH is 1. The van der Waals surface area contributed by atoms with Crippen molar-refractivity contribution in [3.8, 4) is 6.07 Å². The Morgan fingerprint density at radius 1 is 1.03 bits per heavy atom. The van der Waals surface area contributed by atoms with Crippen LogP contribution < -0.4 is 0 Å². The van der Waals surface area contributed by atoms with E-state index in [9.17, 15) is 15.2 Å². The normalized spacial score (nSPS) is 46.5. The molecule has 3 heteroatoms. The van der Waals surface area contributed by atoms with E-state index in [0.717, 1.165) is 43.3 Å². The van der Waals surface area contributed by atoms with Crippen LogP contribution in [0.5, 0.6) is 0 Å². The summed E-state index contributed by atoms with van der Waals surface area (Å²) in [6.45, 7) is 11.3. The van der Waals surface area contributed by atoms with Gasteiger partial charge in [-0.15, -0.1) is 0 Å². The van der Waals surface area contributed by atoms with Crippen molar-refractivity contribution in [2.75, 3.05) is 0 Å². The summed E-state index contributed by atoms with van der Waals surface area (Å²) in [5.74, 6) is 0.793. The molecule has 0 bridgehead atoms. The third kappa shape index (κ3) is 2.60. The van der Waals surface area contributed by atoms with E-state index in [2.05, 4.69) is 45.9 Å². The van der Waals surface area contributed by atoms with Crippen molar-refractivity contribution >= 4 is 5.78 Å². The molecule has 0 spiro atoms. The highest BCUT2D eigenvalue weighted by Crippen LogP contribution is 2.70. The minimum atomic E-state index is -0.257. The molecule has 3 nitrogen and oxygen atoms in total. The SMILES string of the molecule is CC1=C(O)C(=O)C=C2C1=CC=C1[C@@]2(C)CCC2[C@@H]3C[C@](C)(C#N)CC[C@]3(C)CC[C@]12C. The second kappa shape index (κ2) is 6.25. The number of allylic oxidation sites excluding steroid dienone is 7. The minimum absolute atomic E-state index is 0.0912. The quantitative estimate of drug-likeness (QED) is 0.474. The van der Waals surface area contributed by atoms with Crippen molar-refractivity contribution in [1.29, 1.82) is 5.26 Å². The van der Waals surface area contributed by atoms with Gasteiger partial charge in [0.25, 0.3) is 0 Å². The zero-order valence-electron chi connectivity index (χ0n) is 19.6. The van der Waals surface area contributed by atoms with Crippen molar-refractivity contribution in [2.24, 2.45) is 33.5 Å². The molecule has 0 aromatic rings. The largest absolute Gasteiger partial charge is 0.504 e. The Hall–Kier alpha value is -2.08. The van der Waals surface area contributed by atoms with Gasteiger partial charge >= 0.3 is 0 Å². The molecule has 1 N–H and O–H groups in total. The van der Waals surface area contributed by atoms with Crippen molar-refractivity contribution in [1.82, 2.24) is 0 Å². The Morgan fingerprint density at radius 3 is 2.45 bits per heavy atom. The average molecular weight is 418 g/mol. The van der Waals surface area contributed by atoms with Gasteiger partial charge in [-0.2, -0.15) is 5.26 Å². The van der Waals surface area contributed by atoms with Gasteiger partial charge in [0.05, 0.1) is 11.5 Å². The van der Waals surface area contributed by atoms with E-state index in [0.29, 0.717) is 22.8 Å². The van der Waals surface area contributed by atoms with Gasteiger partial charge in [-0.1, -0.05) is 38.5 Å². The van der Waals surface area contributed by atoms with Crippen molar-refractivity contribution in [3.63, 3.8) is 0 Å². The number of hydrogen-bond acceptors (Lipinski definition) is 3. The lowest BCUT2D eigenvalue weighted by Gasteiger charge is -2.64. The highest BCUT2D eigenvalue weighted by Gasteiger charge is 2.61. The Balaban J connectivity index is 1.60. The Kier molecular flexibility index (Phi) is 4.19. The fourth-order valence-corrected chi connectivity index (χ4v) is 8.14. The maximum absolute atomic E-state index is 12.5. The predicted molar refractivity (Wildman–Crippen MR) is 122 cm³/mol. The molecular weight excluding hydrogens is 382 g/mol. The third-order valence-corrected chi connectivity index (χ3v) is 10.3. The molecule has 3 saturated carbocycles. The summed E-state index contributed by atoms with van der Waals surface area (Å²) < 4.78 is 0. The van der Waals surface area contributed by atoms with Crippen LogP contribution in [0.15, 0.2) is 46.3 Å². The molecule has 0 aromatic heterocycles. The smallest absolute Gasteiger partial charge is 0.220 e. The lowest BCUT2D eigenvalue weighted by atomic mass is 9.40. The lowest BCUT2D eigenvalue weighted by molar-refractivity contribution is -0.114. The number of rotatable bonds is 0. The van der Waals surface area contributed by atoms with Crippen LogP contribution in [-0.4, -0.2) is 10.9 Å². The maximum atomic E-state index is 12.5. The Bertz CT molecular complexity index is 1050. The maximum Gasteiger partial charge on any atom is 0.220 e. The summed E-state index contributed by atoms with van der Waals surface area (Å²) >= 11 is 0. The second-order valence-corrected chi connectivity index (χ2v) is 12.1. The Morgan fingerprint density at radius 2 is 1.74 bits per heavy atom. The number of carbonyl (C=O) groups excluding carboxylic acids is 1. The molecular formula is C28H35NO2. The molecule has 0 amide bonds.